The van der Waals surface area contributed by atoms with Gasteiger partial charge in [-0.15, -0.1) is 0 Å². The zero-order valence-electron chi connectivity index (χ0n) is 16.5. The van der Waals surface area contributed by atoms with Crippen molar-refractivity contribution in [3.05, 3.63) is 39.9 Å². The molecule has 2 atom stereocenters. The van der Waals surface area contributed by atoms with Gasteiger partial charge < -0.3 is 19.5 Å². The van der Waals surface area contributed by atoms with Crippen molar-refractivity contribution in [2.75, 3.05) is 32.1 Å². The maximum absolute atomic E-state index is 15.0. The van der Waals surface area contributed by atoms with Crippen molar-refractivity contribution >= 4 is 22.6 Å². The van der Waals surface area contributed by atoms with Crippen molar-refractivity contribution in [3.63, 3.8) is 0 Å². The lowest BCUT2D eigenvalue weighted by Crippen LogP contribution is -2.34. The van der Waals surface area contributed by atoms with Gasteiger partial charge in [0.1, 0.15) is 11.4 Å². The second-order valence-electron chi connectivity index (χ2n) is 8.34. The Hall–Kier alpha value is -2.41. The van der Waals surface area contributed by atoms with Crippen molar-refractivity contribution in [1.29, 1.82) is 0 Å². The highest BCUT2D eigenvalue weighted by Gasteiger charge is 2.31. The molecule has 2 heterocycles. The Bertz CT molecular complexity index is 997. The standard InChI is InChI=1S/C21H26FN3O3/c1-12(23(2)3)13-6-7-24(10-13)19-9-18-15(8-17(19)22)20(26)16(21(27)28)11-25(18)14-4-5-14/h8-9,11-14H,4-7,10H2,1-3H3,(H,27,28)/t12-,13-/m0/s1. The highest BCUT2D eigenvalue weighted by molar-refractivity contribution is 5.93. The molecule has 150 valence electrons. The van der Waals surface area contributed by atoms with E-state index in [4.69, 9.17) is 0 Å². The number of carbonyl (C=O) groups is 1. The summed E-state index contributed by atoms with van der Waals surface area (Å²) in [6.45, 7) is 3.72. The molecular formula is C21H26FN3O3. The molecule has 6 nitrogen and oxygen atoms in total. The van der Waals surface area contributed by atoms with Crippen LogP contribution < -0.4 is 10.3 Å². The number of anilines is 1. The molecule has 2 fully saturated rings. The number of hydrogen-bond acceptors (Lipinski definition) is 4. The normalized spacial score (nSPS) is 20.9. The minimum absolute atomic E-state index is 0.144. The lowest BCUT2D eigenvalue weighted by atomic mass is 10.00. The van der Waals surface area contributed by atoms with Crippen LogP contribution in [-0.4, -0.2) is 53.8 Å². The Balaban J connectivity index is 1.78. The molecule has 1 aromatic heterocycles. The fourth-order valence-electron chi connectivity index (χ4n) is 4.23. The smallest absolute Gasteiger partial charge is 0.341 e. The lowest BCUT2D eigenvalue weighted by Gasteiger charge is -2.27. The Morgan fingerprint density at radius 3 is 2.61 bits per heavy atom. The van der Waals surface area contributed by atoms with Gasteiger partial charge in [0.25, 0.3) is 0 Å². The molecule has 1 aliphatic carbocycles. The first kappa shape index (κ1) is 18.9. The summed E-state index contributed by atoms with van der Waals surface area (Å²) in [5, 5.41) is 9.50. The number of carboxylic acids is 1. The van der Waals surface area contributed by atoms with Gasteiger partial charge in [0.2, 0.25) is 5.43 Å². The fourth-order valence-corrected chi connectivity index (χ4v) is 4.23. The Labute approximate surface area is 163 Å². The summed E-state index contributed by atoms with van der Waals surface area (Å²) in [5.41, 5.74) is 0.203. The molecule has 7 heteroatoms. The molecule has 1 saturated heterocycles. The number of rotatable bonds is 5. The Kier molecular flexibility index (Phi) is 4.65. The van der Waals surface area contributed by atoms with Gasteiger partial charge >= 0.3 is 5.97 Å². The van der Waals surface area contributed by atoms with E-state index in [1.54, 1.807) is 6.07 Å². The number of carboxylic acid groups (broad SMARTS) is 1. The maximum atomic E-state index is 15.0. The number of nitrogens with zero attached hydrogens (tertiary/aromatic N) is 3. The minimum Gasteiger partial charge on any atom is -0.477 e. The van der Waals surface area contributed by atoms with Gasteiger partial charge in [-0.2, -0.15) is 0 Å². The van der Waals surface area contributed by atoms with E-state index >= 15 is 0 Å². The number of fused-ring (bicyclic) bond motifs is 1. The molecule has 2 aromatic rings. The number of aromatic carboxylic acids is 1. The van der Waals surface area contributed by atoms with Crippen LogP contribution in [0, 0.1) is 11.7 Å². The van der Waals surface area contributed by atoms with E-state index in [1.165, 1.54) is 12.3 Å². The number of aromatic nitrogens is 1. The van der Waals surface area contributed by atoms with Gasteiger partial charge in [0.15, 0.2) is 0 Å². The highest BCUT2D eigenvalue weighted by atomic mass is 19.1. The SMILES string of the molecule is C[C@@H]([C@H]1CCN(c2cc3c(cc2F)c(=O)c(C(=O)O)cn3C2CC2)C1)N(C)C. The maximum Gasteiger partial charge on any atom is 0.341 e. The molecule has 2 aliphatic rings. The minimum atomic E-state index is -1.27. The fraction of sp³-hybridized carbons (Fsp3) is 0.524. The molecule has 0 amide bonds. The van der Waals surface area contributed by atoms with Crippen LogP contribution in [0.5, 0.6) is 0 Å². The second-order valence-corrected chi connectivity index (χ2v) is 8.34. The van der Waals surface area contributed by atoms with Crippen LogP contribution in [0.4, 0.5) is 10.1 Å². The topological polar surface area (TPSA) is 65.8 Å². The third kappa shape index (κ3) is 3.17. The number of benzene rings is 1. The summed E-state index contributed by atoms with van der Waals surface area (Å²) in [6, 6.07) is 3.54. The number of halogens is 1. The summed E-state index contributed by atoms with van der Waals surface area (Å²) in [7, 11) is 4.11. The second kappa shape index (κ2) is 6.88. The predicted molar refractivity (Wildman–Crippen MR) is 107 cm³/mol. The van der Waals surface area contributed by atoms with E-state index in [1.807, 2.05) is 9.47 Å². The Morgan fingerprint density at radius 2 is 2.00 bits per heavy atom. The molecule has 1 saturated carbocycles. The van der Waals surface area contributed by atoms with Crippen molar-refractivity contribution in [1.82, 2.24) is 9.47 Å². The molecule has 0 spiro atoms. The van der Waals surface area contributed by atoms with Crippen LogP contribution in [-0.2, 0) is 0 Å². The van der Waals surface area contributed by atoms with E-state index in [2.05, 4.69) is 25.9 Å². The van der Waals surface area contributed by atoms with Crippen LogP contribution in [0.3, 0.4) is 0 Å². The van der Waals surface area contributed by atoms with Crippen molar-refractivity contribution in [3.8, 4) is 0 Å². The molecule has 1 aliphatic heterocycles. The molecule has 1 aromatic carbocycles. The van der Waals surface area contributed by atoms with Gasteiger partial charge in [-0.3, -0.25) is 4.79 Å². The van der Waals surface area contributed by atoms with Crippen LogP contribution >= 0.6 is 0 Å². The first-order valence-corrected chi connectivity index (χ1v) is 9.81. The van der Waals surface area contributed by atoms with Crippen LogP contribution in [0.2, 0.25) is 0 Å². The van der Waals surface area contributed by atoms with Crippen LogP contribution in [0.25, 0.3) is 10.9 Å². The van der Waals surface area contributed by atoms with E-state index in [-0.39, 0.29) is 17.0 Å². The summed E-state index contributed by atoms with van der Waals surface area (Å²) in [6.07, 6.45) is 4.29. The largest absolute Gasteiger partial charge is 0.477 e. The van der Waals surface area contributed by atoms with Crippen LogP contribution in [0.15, 0.2) is 23.1 Å². The van der Waals surface area contributed by atoms with Gasteiger partial charge in [-0.05, 0) is 58.3 Å². The van der Waals surface area contributed by atoms with E-state index in [0.717, 1.165) is 32.4 Å². The highest BCUT2D eigenvalue weighted by Crippen LogP contribution is 2.38. The summed E-state index contributed by atoms with van der Waals surface area (Å²) in [5.74, 6) is -1.29. The van der Waals surface area contributed by atoms with E-state index in [0.29, 0.717) is 23.2 Å². The van der Waals surface area contributed by atoms with Gasteiger partial charge in [0.05, 0.1) is 11.2 Å². The van der Waals surface area contributed by atoms with Crippen LogP contribution in [0.1, 0.15) is 42.6 Å². The predicted octanol–water partition coefficient (Wildman–Crippen LogP) is 2.95. The quantitative estimate of drug-likeness (QED) is 0.855. The third-order valence-corrected chi connectivity index (χ3v) is 6.33. The zero-order valence-corrected chi connectivity index (χ0v) is 16.5. The molecule has 0 radical (unpaired) electrons. The first-order valence-electron chi connectivity index (χ1n) is 9.81. The number of hydrogen-bond donors (Lipinski definition) is 1. The average molecular weight is 387 g/mol. The Morgan fingerprint density at radius 1 is 1.29 bits per heavy atom. The molecule has 4 rings (SSSR count). The molecule has 0 unspecified atom stereocenters. The van der Waals surface area contributed by atoms with Crippen molar-refractivity contribution in [2.45, 2.75) is 38.3 Å². The average Bonchev–Trinajstić information content (AvgIpc) is 3.37. The molecule has 0 bridgehead atoms. The van der Waals surface area contributed by atoms with Crippen molar-refractivity contribution in [2.24, 2.45) is 5.92 Å². The number of pyridine rings is 1. The zero-order chi connectivity index (χ0) is 20.2. The van der Waals surface area contributed by atoms with Crippen molar-refractivity contribution < 1.29 is 14.3 Å². The van der Waals surface area contributed by atoms with E-state index < -0.39 is 17.2 Å². The molecular weight excluding hydrogens is 361 g/mol. The summed E-state index contributed by atoms with van der Waals surface area (Å²) in [4.78, 5) is 28.3. The first-order chi connectivity index (χ1) is 13.3. The monoisotopic (exact) mass is 387 g/mol. The van der Waals surface area contributed by atoms with Gasteiger partial charge in [-0.1, -0.05) is 0 Å². The van der Waals surface area contributed by atoms with Gasteiger partial charge in [0, 0.05) is 36.8 Å². The molecule has 28 heavy (non-hydrogen) atoms. The van der Waals surface area contributed by atoms with Gasteiger partial charge in [-0.25, -0.2) is 9.18 Å². The summed E-state index contributed by atoms with van der Waals surface area (Å²) >= 11 is 0. The third-order valence-electron chi connectivity index (χ3n) is 6.33. The lowest BCUT2D eigenvalue weighted by molar-refractivity contribution is 0.0695. The molecule has 1 N–H and O–H groups in total. The van der Waals surface area contributed by atoms with E-state index in [9.17, 15) is 19.1 Å². The summed E-state index contributed by atoms with van der Waals surface area (Å²) < 4.78 is 16.8.